The minimum absolute atomic E-state index is 0.0906. The summed E-state index contributed by atoms with van der Waals surface area (Å²) in [6.45, 7) is 7.42. The van der Waals surface area contributed by atoms with Gasteiger partial charge in [0.25, 0.3) is 5.91 Å². The van der Waals surface area contributed by atoms with Crippen LogP contribution < -0.4 is 10.6 Å². The van der Waals surface area contributed by atoms with Crippen molar-refractivity contribution >= 4 is 5.91 Å². The van der Waals surface area contributed by atoms with E-state index in [2.05, 4.69) is 25.8 Å². The van der Waals surface area contributed by atoms with E-state index in [0.29, 0.717) is 11.7 Å². The van der Waals surface area contributed by atoms with E-state index in [-0.39, 0.29) is 11.3 Å². The molecule has 0 radical (unpaired) electrons. The Morgan fingerprint density at radius 2 is 1.96 bits per heavy atom. The second-order valence-corrected chi connectivity index (χ2v) is 8.70. The van der Waals surface area contributed by atoms with Crippen LogP contribution in [0.4, 0.5) is 0 Å². The molecule has 4 rings (SSSR count). The summed E-state index contributed by atoms with van der Waals surface area (Å²) in [5.74, 6) is -0.0906. The number of carbonyl (C=O) groups is 1. The average Bonchev–Trinajstić information content (AvgIpc) is 3.25. The minimum Gasteiger partial charge on any atom is -0.379 e. The Bertz CT molecular complexity index is 630. The summed E-state index contributed by atoms with van der Waals surface area (Å²) in [4.78, 5) is 15.3. The fourth-order valence-corrected chi connectivity index (χ4v) is 4.91. The predicted octanol–water partition coefficient (Wildman–Crippen LogP) is 1.22. The number of amides is 1. The van der Waals surface area contributed by atoms with Crippen LogP contribution in [-0.4, -0.2) is 78.3 Å². The van der Waals surface area contributed by atoms with Crippen LogP contribution in [-0.2, 0) is 4.74 Å². The maximum atomic E-state index is 12.7. The number of morpholine rings is 1. The Kier molecular flexibility index (Phi) is 6.59. The summed E-state index contributed by atoms with van der Waals surface area (Å²) in [6, 6.07) is 0.348. The fraction of sp³-hybridized carbons (Fsp3) is 0.850. The number of ether oxygens (including phenoxy) is 1. The molecule has 3 aliphatic rings. The average molecular weight is 391 g/mol. The molecule has 1 aromatic rings. The highest BCUT2D eigenvalue weighted by Crippen LogP contribution is 2.36. The zero-order chi connectivity index (χ0) is 19.2. The number of piperidine rings is 1. The van der Waals surface area contributed by atoms with Crippen molar-refractivity contribution in [3.05, 3.63) is 11.9 Å². The van der Waals surface area contributed by atoms with Crippen molar-refractivity contribution in [1.82, 2.24) is 30.5 Å². The van der Waals surface area contributed by atoms with Gasteiger partial charge in [0.2, 0.25) is 0 Å². The van der Waals surface area contributed by atoms with Gasteiger partial charge in [-0.2, -0.15) is 0 Å². The zero-order valence-electron chi connectivity index (χ0n) is 16.9. The minimum atomic E-state index is -0.0906. The summed E-state index contributed by atoms with van der Waals surface area (Å²) in [5.41, 5.74) is 0.617. The summed E-state index contributed by atoms with van der Waals surface area (Å²) in [5, 5.41) is 14.9. The van der Waals surface area contributed by atoms with Gasteiger partial charge >= 0.3 is 0 Å². The summed E-state index contributed by atoms with van der Waals surface area (Å²) in [7, 11) is 0. The van der Waals surface area contributed by atoms with Gasteiger partial charge in [0.15, 0.2) is 5.69 Å². The van der Waals surface area contributed by atoms with Gasteiger partial charge in [0, 0.05) is 31.6 Å². The SMILES string of the molecule is O=C(NCC1(CN2CCOCC2)CCCCC1)c1cn(C2CCNCC2)nn1. The molecule has 8 nitrogen and oxygen atoms in total. The Morgan fingerprint density at radius 3 is 2.71 bits per heavy atom. The van der Waals surface area contributed by atoms with E-state index in [1.165, 1.54) is 32.1 Å². The summed E-state index contributed by atoms with van der Waals surface area (Å²) >= 11 is 0. The largest absolute Gasteiger partial charge is 0.379 e. The highest BCUT2D eigenvalue weighted by Gasteiger charge is 2.35. The van der Waals surface area contributed by atoms with E-state index in [1.807, 2.05) is 10.9 Å². The standard InChI is InChI=1S/C20H34N6O2/c27-19(18-14-26(24-23-18)17-4-8-21-9-5-17)22-15-20(6-2-1-3-7-20)16-25-10-12-28-13-11-25/h14,17,21H,1-13,15-16H2,(H,22,27). The first-order valence-corrected chi connectivity index (χ1v) is 11.0. The van der Waals surface area contributed by atoms with E-state index >= 15 is 0 Å². The lowest BCUT2D eigenvalue weighted by Crippen LogP contribution is -2.49. The fourth-order valence-electron chi connectivity index (χ4n) is 4.91. The first kappa shape index (κ1) is 19.8. The molecule has 28 heavy (non-hydrogen) atoms. The molecule has 0 aromatic carbocycles. The second-order valence-electron chi connectivity index (χ2n) is 8.70. The van der Waals surface area contributed by atoms with Crippen LogP contribution in [0.1, 0.15) is 61.5 Å². The molecule has 1 saturated carbocycles. The van der Waals surface area contributed by atoms with Gasteiger partial charge in [0.05, 0.1) is 25.5 Å². The molecule has 1 aromatic heterocycles. The van der Waals surface area contributed by atoms with E-state index in [0.717, 1.165) is 65.3 Å². The number of hydrogen-bond donors (Lipinski definition) is 2. The number of nitrogens with one attached hydrogen (secondary N) is 2. The number of carbonyl (C=O) groups excluding carboxylic acids is 1. The number of rotatable bonds is 6. The topological polar surface area (TPSA) is 84.3 Å². The lowest BCUT2D eigenvalue weighted by atomic mass is 9.73. The normalized spacial score (nSPS) is 24.1. The van der Waals surface area contributed by atoms with Gasteiger partial charge in [0.1, 0.15) is 0 Å². The summed E-state index contributed by atoms with van der Waals surface area (Å²) < 4.78 is 7.37. The van der Waals surface area contributed by atoms with Crippen LogP contribution in [0.25, 0.3) is 0 Å². The molecular weight excluding hydrogens is 356 g/mol. The maximum absolute atomic E-state index is 12.7. The van der Waals surface area contributed by atoms with Crippen molar-refractivity contribution < 1.29 is 9.53 Å². The molecule has 3 heterocycles. The van der Waals surface area contributed by atoms with Crippen molar-refractivity contribution in [3.8, 4) is 0 Å². The lowest BCUT2D eigenvalue weighted by Gasteiger charge is -2.42. The maximum Gasteiger partial charge on any atom is 0.273 e. The summed E-state index contributed by atoms with van der Waals surface area (Å²) in [6.07, 6.45) is 10.1. The van der Waals surface area contributed by atoms with Gasteiger partial charge < -0.3 is 15.4 Å². The van der Waals surface area contributed by atoms with Gasteiger partial charge in [-0.25, -0.2) is 4.68 Å². The van der Waals surface area contributed by atoms with Crippen molar-refractivity contribution in [2.24, 2.45) is 5.41 Å². The van der Waals surface area contributed by atoms with Gasteiger partial charge in [-0.1, -0.05) is 24.5 Å². The molecule has 2 N–H and O–H groups in total. The zero-order valence-corrected chi connectivity index (χ0v) is 16.9. The van der Waals surface area contributed by atoms with Crippen LogP contribution in [0.2, 0.25) is 0 Å². The predicted molar refractivity (Wildman–Crippen MR) is 106 cm³/mol. The number of aromatic nitrogens is 3. The molecule has 1 amide bonds. The van der Waals surface area contributed by atoms with Crippen LogP contribution >= 0.6 is 0 Å². The Labute approximate surface area is 167 Å². The molecule has 2 saturated heterocycles. The molecule has 2 aliphatic heterocycles. The van der Waals surface area contributed by atoms with Gasteiger partial charge in [-0.3, -0.25) is 9.69 Å². The Hall–Kier alpha value is -1.51. The first-order valence-electron chi connectivity index (χ1n) is 11.0. The van der Waals surface area contributed by atoms with E-state index < -0.39 is 0 Å². The molecule has 0 atom stereocenters. The first-order chi connectivity index (χ1) is 13.7. The van der Waals surface area contributed by atoms with E-state index in [9.17, 15) is 4.79 Å². The van der Waals surface area contributed by atoms with Crippen molar-refractivity contribution in [1.29, 1.82) is 0 Å². The lowest BCUT2D eigenvalue weighted by molar-refractivity contribution is 0.00727. The Morgan fingerprint density at radius 1 is 1.21 bits per heavy atom. The van der Waals surface area contributed by atoms with E-state index in [4.69, 9.17) is 4.74 Å². The number of hydrogen-bond acceptors (Lipinski definition) is 6. The van der Waals surface area contributed by atoms with Crippen molar-refractivity contribution in [3.63, 3.8) is 0 Å². The van der Waals surface area contributed by atoms with Crippen molar-refractivity contribution in [2.75, 3.05) is 52.5 Å². The molecule has 1 aliphatic carbocycles. The van der Waals surface area contributed by atoms with Gasteiger partial charge in [-0.05, 0) is 38.8 Å². The third-order valence-corrected chi connectivity index (χ3v) is 6.63. The molecule has 0 spiro atoms. The second kappa shape index (κ2) is 9.33. The van der Waals surface area contributed by atoms with Crippen LogP contribution in [0.15, 0.2) is 6.20 Å². The van der Waals surface area contributed by atoms with Crippen LogP contribution in [0, 0.1) is 5.41 Å². The van der Waals surface area contributed by atoms with Crippen molar-refractivity contribution in [2.45, 2.75) is 51.0 Å². The molecular formula is C20H34N6O2. The third kappa shape index (κ3) is 4.90. The molecule has 0 unspecified atom stereocenters. The number of nitrogens with zero attached hydrogens (tertiary/aromatic N) is 4. The Balaban J connectivity index is 1.35. The molecule has 156 valence electrons. The molecule has 0 bridgehead atoms. The van der Waals surface area contributed by atoms with Crippen LogP contribution in [0.3, 0.4) is 0 Å². The van der Waals surface area contributed by atoms with Crippen LogP contribution in [0.5, 0.6) is 0 Å². The molecule has 8 heteroatoms. The highest BCUT2D eigenvalue weighted by molar-refractivity contribution is 5.91. The molecule has 3 fully saturated rings. The van der Waals surface area contributed by atoms with Gasteiger partial charge in [-0.15, -0.1) is 5.10 Å². The smallest absolute Gasteiger partial charge is 0.273 e. The van der Waals surface area contributed by atoms with E-state index in [1.54, 1.807) is 0 Å². The highest BCUT2D eigenvalue weighted by atomic mass is 16.5. The third-order valence-electron chi connectivity index (χ3n) is 6.63. The quantitative estimate of drug-likeness (QED) is 0.760. The monoisotopic (exact) mass is 390 g/mol.